The molecule has 1 aliphatic rings. The second-order valence-corrected chi connectivity index (χ2v) is 10.3. The molecule has 0 unspecified atom stereocenters. The van der Waals surface area contributed by atoms with Crippen LogP contribution < -0.4 is 10.1 Å². The number of anilines is 1. The van der Waals surface area contributed by atoms with Gasteiger partial charge in [0.2, 0.25) is 0 Å². The SMILES string of the molecule is Cc1nc(-c2nnn(C)c2CNc2cc(C(C)(C)C)ccn2)ccc1O[C@H]1CCC[C@H](C(=O)O)C1. The van der Waals surface area contributed by atoms with Gasteiger partial charge in [-0.2, -0.15) is 0 Å². The number of hydrogen-bond donors (Lipinski definition) is 2. The molecule has 2 atom stereocenters. The summed E-state index contributed by atoms with van der Waals surface area (Å²) in [6.07, 6.45) is 4.67. The summed E-state index contributed by atoms with van der Waals surface area (Å²) < 4.78 is 7.89. The van der Waals surface area contributed by atoms with E-state index in [-0.39, 0.29) is 17.4 Å². The highest BCUT2D eigenvalue weighted by Crippen LogP contribution is 2.31. The van der Waals surface area contributed by atoms with Crippen LogP contribution in [0.4, 0.5) is 5.82 Å². The fourth-order valence-corrected chi connectivity index (χ4v) is 4.40. The Balaban J connectivity index is 1.49. The van der Waals surface area contributed by atoms with Crippen LogP contribution >= 0.6 is 0 Å². The largest absolute Gasteiger partial charge is 0.489 e. The van der Waals surface area contributed by atoms with Crippen molar-refractivity contribution in [3.8, 4) is 17.1 Å². The first-order valence-corrected chi connectivity index (χ1v) is 12.1. The summed E-state index contributed by atoms with van der Waals surface area (Å²) >= 11 is 0. The van der Waals surface area contributed by atoms with Crippen molar-refractivity contribution in [2.75, 3.05) is 5.32 Å². The van der Waals surface area contributed by atoms with Gasteiger partial charge in [0.1, 0.15) is 17.3 Å². The minimum absolute atomic E-state index is 0.0377. The molecule has 9 heteroatoms. The number of aryl methyl sites for hydroxylation is 2. The van der Waals surface area contributed by atoms with E-state index < -0.39 is 5.97 Å². The molecule has 9 nitrogen and oxygen atoms in total. The van der Waals surface area contributed by atoms with Crippen LogP contribution in [0.25, 0.3) is 11.4 Å². The maximum Gasteiger partial charge on any atom is 0.306 e. The molecule has 1 saturated carbocycles. The van der Waals surface area contributed by atoms with E-state index in [9.17, 15) is 9.90 Å². The quantitative estimate of drug-likeness (QED) is 0.510. The minimum Gasteiger partial charge on any atom is -0.489 e. The number of rotatable bonds is 7. The van der Waals surface area contributed by atoms with Crippen LogP contribution in [-0.4, -0.2) is 42.1 Å². The van der Waals surface area contributed by atoms with E-state index in [0.29, 0.717) is 36.5 Å². The molecule has 35 heavy (non-hydrogen) atoms. The lowest BCUT2D eigenvalue weighted by atomic mass is 9.87. The third-order valence-corrected chi connectivity index (χ3v) is 6.55. The zero-order valence-electron chi connectivity index (χ0n) is 21.1. The summed E-state index contributed by atoms with van der Waals surface area (Å²) in [5, 5.41) is 21.3. The van der Waals surface area contributed by atoms with Crippen molar-refractivity contribution in [3.63, 3.8) is 0 Å². The fraction of sp³-hybridized carbons (Fsp3) is 0.500. The van der Waals surface area contributed by atoms with Crippen molar-refractivity contribution >= 4 is 11.8 Å². The molecule has 0 aliphatic heterocycles. The smallest absolute Gasteiger partial charge is 0.306 e. The third-order valence-electron chi connectivity index (χ3n) is 6.55. The van der Waals surface area contributed by atoms with Gasteiger partial charge >= 0.3 is 5.97 Å². The Morgan fingerprint density at radius 1 is 1.26 bits per heavy atom. The average molecular weight is 479 g/mol. The molecule has 186 valence electrons. The zero-order valence-corrected chi connectivity index (χ0v) is 21.1. The molecule has 0 amide bonds. The molecule has 2 N–H and O–H groups in total. The van der Waals surface area contributed by atoms with Gasteiger partial charge < -0.3 is 15.2 Å². The number of carboxylic acid groups (broad SMARTS) is 1. The monoisotopic (exact) mass is 478 g/mol. The predicted molar refractivity (Wildman–Crippen MR) is 133 cm³/mol. The van der Waals surface area contributed by atoms with E-state index in [2.05, 4.69) is 47.5 Å². The fourth-order valence-electron chi connectivity index (χ4n) is 4.40. The second-order valence-electron chi connectivity index (χ2n) is 10.3. The lowest BCUT2D eigenvalue weighted by Gasteiger charge is -2.27. The Morgan fingerprint density at radius 2 is 2.06 bits per heavy atom. The first-order chi connectivity index (χ1) is 16.6. The van der Waals surface area contributed by atoms with Gasteiger partial charge in [0.05, 0.1) is 35.6 Å². The zero-order chi connectivity index (χ0) is 25.2. The predicted octanol–water partition coefficient (Wildman–Crippen LogP) is 4.51. The van der Waals surface area contributed by atoms with Gasteiger partial charge in [-0.3, -0.25) is 4.79 Å². The van der Waals surface area contributed by atoms with Crippen LogP contribution in [0.5, 0.6) is 5.75 Å². The number of hydrogen-bond acceptors (Lipinski definition) is 7. The lowest BCUT2D eigenvalue weighted by Crippen LogP contribution is -2.29. The molecule has 3 aromatic heterocycles. The number of pyridine rings is 2. The van der Waals surface area contributed by atoms with Crippen LogP contribution in [0.3, 0.4) is 0 Å². The van der Waals surface area contributed by atoms with Crippen molar-refractivity contribution < 1.29 is 14.6 Å². The van der Waals surface area contributed by atoms with Gasteiger partial charge in [0.15, 0.2) is 0 Å². The summed E-state index contributed by atoms with van der Waals surface area (Å²) in [6.45, 7) is 8.92. The summed E-state index contributed by atoms with van der Waals surface area (Å²) in [4.78, 5) is 20.6. The van der Waals surface area contributed by atoms with Gasteiger partial charge in [-0.1, -0.05) is 26.0 Å². The van der Waals surface area contributed by atoms with Crippen molar-refractivity contribution in [3.05, 3.63) is 47.4 Å². The van der Waals surface area contributed by atoms with Crippen LogP contribution in [0.2, 0.25) is 0 Å². The van der Waals surface area contributed by atoms with Gasteiger partial charge in [-0.15, -0.1) is 5.10 Å². The van der Waals surface area contributed by atoms with E-state index in [1.54, 1.807) is 4.68 Å². The molecule has 4 rings (SSSR count). The Hall–Kier alpha value is -3.49. The highest BCUT2D eigenvalue weighted by molar-refractivity contribution is 5.70. The van der Waals surface area contributed by atoms with Crippen LogP contribution in [-0.2, 0) is 23.8 Å². The number of carbonyl (C=O) groups is 1. The van der Waals surface area contributed by atoms with Gasteiger partial charge in [0, 0.05) is 13.2 Å². The van der Waals surface area contributed by atoms with Crippen LogP contribution in [0.1, 0.15) is 63.4 Å². The highest BCUT2D eigenvalue weighted by Gasteiger charge is 2.28. The maximum absolute atomic E-state index is 11.4. The Labute approximate surface area is 206 Å². The maximum atomic E-state index is 11.4. The topological polar surface area (TPSA) is 115 Å². The normalized spacial score (nSPS) is 18.3. The molecule has 0 bridgehead atoms. The molecule has 0 spiro atoms. The van der Waals surface area contributed by atoms with E-state index in [1.165, 1.54) is 5.56 Å². The summed E-state index contributed by atoms with van der Waals surface area (Å²) in [5.41, 5.74) is 4.29. The number of aliphatic carboxylic acids is 1. The standard InChI is InChI=1S/C26H34N6O3/c1-16-22(35-19-8-6-7-17(13-19)25(33)34)10-9-20(29-16)24-21(32(5)31-30-24)15-28-23-14-18(11-12-27-23)26(2,3)4/h9-12,14,17,19H,6-8,13,15H2,1-5H3,(H,27,28)(H,33,34)/t17-,19-/m0/s1. The van der Waals surface area contributed by atoms with Crippen molar-refractivity contribution in [1.29, 1.82) is 0 Å². The minimum atomic E-state index is -0.743. The Bertz CT molecular complexity index is 1200. The van der Waals surface area contributed by atoms with E-state index in [4.69, 9.17) is 9.72 Å². The van der Waals surface area contributed by atoms with Gasteiger partial charge in [-0.05, 0) is 67.9 Å². The third kappa shape index (κ3) is 5.78. The van der Waals surface area contributed by atoms with Crippen molar-refractivity contribution in [2.45, 2.75) is 71.4 Å². The average Bonchev–Trinajstić information content (AvgIpc) is 3.19. The van der Waals surface area contributed by atoms with Crippen LogP contribution in [0.15, 0.2) is 30.5 Å². The van der Waals surface area contributed by atoms with E-state index in [1.807, 2.05) is 38.4 Å². The van der Waals surface area contributed by atoms with Crippen molar-refractivity contribution in [1.82, 2.24) is 25.0 Å². The molecule has 1 aliphatic carbocycles. The van der Waals surface area contributed by atoms with Gasteiger partial charge in [-0.25, -0.2) is 14.6 Å². The summed E-state index contributed by atoms with van der Waals surface area (Å²) in [7, 11) is 1.86. The molecule has 0 radical (unpaired) electrons. The number of carboxylic acids is 1. The van der Waals surface area contributed by atoms with Gasteiger partial charge in [0.25, 0.3) is 0 Å². The van der Waals surface area contributed by atoms with Crippen LogP contribution in [0, 0.1) is 12.8 Å². The van der Waals surface area contributed by atoms with E-state index in [0.717, 1.165) is 30.0 Å². The molecular formula is C26H34N6O3. The molecule has 0 saturated heterocycles. The molecule has 1 fully saturated rings. The highest BCUT2D eigenvalue weighted by atomic mass is 16.5. The number of ether oxygens (including phenoxy) is 1. The lowest BCUT2D eigenvalue weighted by molar-refractivity contribution is -0.143. The first-order valence-electron chi connectivity index (χ1n) is 12.1. The number of nitrogens with zero attached hydrogens (tertiary/aromatic N) is 5. The second kappa shape index (κ2) is 10.0. The summed E-state index contributed by atoms with van der Waals surface area (Å²) in [5.74, 6) is 0.392. The Morgan fingerprint density at radius 3 is 2.77 bits per heavy atom. The molecule has 0 aromatic carbocycles. The summed E-state index contributed by atoms with van der Waals surface area (Å²) in [6, 6.07) is 7.87. The first kappa shape index (κ1) is 24.6. The molecular weight excluding hydrogens is 444 g/mol. The number of aromatic nitrogens is 5. The number of nitrogens with one attached hydrogen (secondary N) is 1. The Kier molecular flexibility index (Phi) is 7.05. The molecule has 3 aromatic rings. The van der Waals surface area contributed by atoms with Crippen molar-refractivity contribution in [2.24, 2.45) is 13.0 Å². The molecule has 3 heterocycles. The van der Waals surface area contributed by atoms with E-state index >= 15 is 0 Å².